The summed E-state index contributed by atoms with van der Waals surface area (Å²) < 4.78 is 0. The van der Waals surface area contributed by atoms with Crippen LogP contribution in [0.25, 0.3) is 0 Å². The molecular formula is C15H27N3O. The second-order valence-electron chi connectivity index (χ2n) is 5.66. The van der Waals surface area contributed by atoms with E-state index in [9.17, 15) is 4.79 Å². The molecule has 0 aliphatic carbocycles. The molecule has 0 saturated carbocycles. The van der Waals surface area contributed by atoms with Gasteiger partial charge in [-0.25, -0.2) is 0 Å². The molecule has 1 aromatic rings. The van der Waals surface area contributed by atoms with Crippen molar-refractivity contribution in [3.63, 3.8) is 0 Å². The molecule has 0 bridgehead atoms. The maximum absolute atomic E-state index is 12.0. The number of carbonyl (C=O) groups excluding carboxylic acids is 1. The normalized spacial score (nSPS) is 11.0. The molecule has 4 heteroatoms. The lowest BCUT2D eigenvalue weighted by Gasteiger charge is -2.06. The SMILES string of the molecule is Cc1n[nH]c(C)c1C(=O)NCCCCCCC(C)C. The predicted molar refractivity (Wildman–Crippen MR) is 78.3 cm³/mol. The Kier molecular flexibility index (Phi) is 6.60. The summed E-state index contributed by atoms with van der Waals surface area (Å²) >= 11 is 0. The molecule has 0 aromatic carbocycles. The van der Waals surface area contributed by atoms with Crippen molar-refractivity contribution in [2.45, 2.75) is 59.8 Å². The van der Waals surface area contributed by atoms with E-state index < -0.39 is 0 Å². The van der Waals surface area contributed by atoms with Gasteiger partial charge in [-0.15, -0.1) is 0 Å². The molecule has 0 fully saturated rings. The lowest BCUT2D eigenvalue weighted by atomic mass is 10.0. The Morgan fingerprint density at radius 2 is 1.89 bits per heavy atom. The maximum Gasteiger partial charge on any atom is 0.255 e. The molecule has 0 unspecified atom stereocenters. The van der Waals surface area contributed by atoms with Crippen LogP contribution in [0.15, 0.2) is 0 Å². The number of aromatic nitrogens is 2. The summed E-state index contributed by atoms with van der Waals surface area (Å²) in [4.78, 5) is 12.0. The van der Waals surface area contributed by atoms with E-state index in [1.54, 1.807) is 0 Å². The fraction of sp³-hybridized carbons (Fsp3) is 0.733. The van der Waals surface area contributed by atoms with Gasteiger partial charge in [0.15, 0.2) is 0 Å². The van der Waals surface area contributed by atoms with Gasteiger partial charge in [-0.1, -0.05) is 39.5 Å². The third-order valence-electron chi connectivity index (χ3n) is 3.35. The van der Waals surface area contributed by atoms with Crippen molar-refractivity contribution in [1.82, 2.24) is 15.5 Å². The summed E-state index contributed by atoms with van der Waals surface area (Å²) in [6.45, 7) is 9.00. The predicted octanol–water partition coefficient (Wildman–Crippen LogP) is 3.36. The molecule has 0 saturated heterocycles. The number of rotatable bonds is 8. The van der Waals surface area contributed by atoms with E-state index in [1.807, 2.05) is 13.8 Å². The number of aryl methyl sites for hydroxylation is 2. The molecular weight excluding hydrogens is 238 g/mol. The second kappa shape index (κ2) is 7.97. The Morgan fingerprint density at radius 1 is 1.21 bits per heavy atom. The molecule has 19 heavy (non-hydrogen) atoms. The largest absolute Gasteiger partial charge is 0.352 e. The van der Waals surface area contributed by atoms with E-state index in [0.717, 1.165) is 30.3 Å². The molecule has 0 aliphatic rings. The molecule has 0 spiro atoms. The van der Waals surface area contributed by atoms with E-state index in [2.05, 4.69) is 29.4 Å². The number of H-pyrrole nitrogens is 1. The third-order valence-corrected chi connectivity index (χ3v) is 3.35. The fourth-order valence-corrected chi connectivity index (χ4v) is 2.21. The summed E-state index contributed by atoms with van der Waals surface area (Å²) in [5.41, 5.74) is 2.30. The van der Waals surface area contributed by atoms with Crippen LogP contribution < -0.4 is 5.32 Å². The Bertz CT molecular complexity index is 377. The number of carbonyl (C=O) groups is 1. The number of nitrogens with one attached hydrogen (secondary N) is 2. The van der Waals surface area contributed by atoms with Crippen LogP contribution in [0.2, 0.25) is 0 Å². The van der Waals surface area contributed by atoms with Crippen LogP contribution in [0.5, 0.6) is 0 Å². The first-order valence-electron chi connectivity index (χ1n) is 7.32. The number of unbranched alkanes of at least 4 members (excludes halogenated alkanes) is 3. The van der Waals surface area contributed by atoms with Gasteiger partial charge in [-0.05, 0) is 26.2 Å². The average molecular weight is 265 g/mol. The van der Waals surface area contributed by atoms with Crippen LogP contribution >= 0.6 is 0 Å². The number of hydrogen-bond donors (Lipinski definition) is 2. The van der Waals surface area contributed by atoms with Gasteiger partial charge in [0.2, 0.25) is 0 Å². The van der Waals surface area contributed by atoms with Gasteiger partial charge in [0.1, 0.15) is 0 Å². The van der Waals surface area contributed by atoms with Gasteiger partial charge < -0.3 is 5.32 Å². The Balaban J connectivity index is 2.15. The smallest absolute Gasteiger partial charge is 0.255 e. The minimum atomic E-state index is -0.00840. The van der Waals surface area contributed by atoms with Crippen LogP contribution in [-0.2, 0) is 0 Å². The lowest BCUT2D eigenvalue weighted by Crippen LogP contribution is -2.25. The van der Waals surface area contributed by atoms with Crippen LogP contribution in [0.4, 0.5) is 0 Å². The first-order chi connectivity index (χ1) is 9.02. The highest BCUT2D eigenvalue weighted by atomic mass is 16.1. The van der Waals surface area contributed by atoms with Crippen LogP contribution in [0.3, 0.4) is 0 Å². The first-order valence-corrected chi connectivity index (χ1v) is 7.32. The van der Waals surface area contributed by atoms with Crippen molar-refractivity contribution >= 4 is 5.91 Å². The molecule has 0 aliphatic heterocycles. The number of amides is 1. The summed E-state index contributed by atoms with van der Waals surface area (Å²) in [5, 5.41) is 9.84. The number of nitrogens with zero attached hydrogens (tertiary/aromatic N) is 1. The van der Waals surface area contributed by atoms with E-state index in [4.69, 9.17) is 0 Å². The Labute approximate surface area is 116 Å². The van der Waals surface area contributed by atoms with Gasteiger partial charge >= 0.3 is 0 Å². The van der Waals surface area contributed by atoms with Crippen LogP contribution in [0.1, 0.15) is 67.7 Å². The monoisotopic (exact) mass is 265 g/mol. The van der Waals surface area contributed by atoms with Crippen molar-refractivity contribution in [3.8, 4) is 0 Å². The average Bonchev–Trinajstić information content (AvgIpc) is 2.67. The highest BCUT2D eigenvalue weighted by molar-refractivity contribution is 5.96. The molecule has 1 amide bonds. The van der Waals surface area contributed by atoms with E-state index in [-0.39, 0.29) is 5.91 Å². The summed E-state index contributed by atoms with van der Waals surface area (Å²) in [5.74, 6) is 0.790. The quantitative estimate of drug-likeness (QED) is 0.708. The zero-order valence-corrected chi connectivity index (χ0v) is 12.7. The van der Waals surface area contributed by atoms with Crippen LogP contribution in [-0.4, -0.2) is 22.6 Å². The van der Waals surface area contributed by atoms with E-state index >= 15 is 0 Å². The zero-order valence-electron chi connectivity index (χ0n) is 12.7. The second-order valence-corrected chi connectivity index (χ2v) is 5.66. The molecule has 1 heterocycles. The van der Waals surface area contributed by atoms with Gasteiger partial charge in [0.25, 0.3) is 5.91 Å². The third kappa shape index (κ3) is 5.45. The minimum Gasteiger partial charge on any atom is -0.352 e. The molecule has 2 N–H and O–H groups in total. The Morgan fingerprint density at radius 3 is 2.47 bits per heavy atom. The summed E-state index contributed by atoms with van der Waals surface area (Å²) in [6, 6.07) is 0. The summed E-state index contributed by atoms with van der Waals surface area (Å²) in [6.07, 6.45) is 6.11. The molecule has 4 nitrogen and oxygen atoms in total. The van der Waals surface area contributed by atoms with Crippen molar-refractivity contribution < 1.29 is 4.79 Å². The molecule has 108 valence electrons. The van der Waals surface area contributed by atoms with Crippen molar-refractivity contribution in [1.29, 1.82) is 0 Å². The summed E-state index contributed by atoms with van der Waals surface area (Å²) in [7, 11) is 0. The van der Waals surface area contributed by atoms with Crippen molar-refractivity contribution in [3.05, 3.63) is 17.0 Å². The highest BCUT2D eigenvalue weighted by Crippen LogP contribution is 2.10. The van der Waals surface area contributed by atoms with Gasteiger partial charge in [0, 0.05) is 12.2 Å². The number of hydrogen-bond acceptors (Lipinski definition) is 2. The zero-order chi connectivity index (χ0) is 14.3. The lowest BCUT2D eigenvalue weighted by molar-refractivity contribution is 0.0952. The first kappa shape index (κ1) is 15.7. The Hall–Kier alpha value is -1.32. The highest BCUT2D eigenvalue weighted by Gasteiger charge is 2.14. The topological polar surface area (TPSA) is 57.8 Å². The molecule has 1 rings (SSSR count). The van der Waals surface area contributed by atoms with Crippen molar-refractivity contribution in [2.75, 3.05) is 6.54 Å². The number of aromatic amines is 1. The van der Waals surface area contributed by atoms with Gasteiger partial charge in [-0.2, -0.15) is 5.10 Å². The van der Waals surface area contributed by atoms with E-state index in [0.29, 0.717) is 5.56 Å². The maximum atomic E-state index is 12.0. The minimum absolute atomic E-state index is 0.00840. The molecule has 1 aromatic heterocycles. The van der Waals surface area contributed by atoms with E-state index in [1.165, 1.54) is 25.7 Å². The molecule has 0 radical (unpaired) electrons. The van der Waals surface area contributed by atoms with Crippen molar-refractivity contribution in [2.24, 2.45) is 5.92 Å². The molecule has 0 atom stereocenters. The van der Waals surface area contributed by atoms with Gasteiger partial charge in [-0.3, -0.25) is 9.89 Å². The standard InChI is InChI=1S/C15H27N3O/c1-11(2)9-7-5-6-8-10-16-15(19)14-12(3)17-18-13(14)4/h11H,5-10H2,1-4H3,(H,16,19)(H,17,18). The van der Waals surface area contributed by atoms with Crippen LogP contribution in [0, 0.1) is 19.8 Å². The fourth-order valence-electron chi connectivity index (χ4n) is 2.21. The van der Waals surface area contributed by atoms with Gasteiger partial charge in [0.05, 0.1) is 11.3 Å².